The number of likely N-dealkylation sites (N-methyl/N-ethyl adjacent to an activating group) is 1. The maximum atomic E-state index is 13.9. The van der Waals surface area contributed by atoms with E-state index in [0.29, 0.717) is 18.1 Å². The molecule has 2 nitrogen and oxygen atoms in total. The number of hydrogen-bond acceptors (Lipinski definition) is 2. The van der Waals surface area contributed by atoms with E-state index >= 15 is 0 Å². The number of ether oxygens (including phenoxy) is 1. The van der Waals surface area contributed by atoms with E-state index in [1.807, 2.05) is 31.3 Å². The molecule has 0 amide bonds. The number of benzene rings is 2. The molecular formula is C18H22FNO. The molecule has 0 aromatic heterocycles. The van der Waals surface area contributed by atoms with Crippen LogP contribution in [0.3, 0.4) is 0 Å². The summed E-state index contributed by atoms with van der Waals surface area (Å²) in [5.74, 6) is 1.05. The lowest BCUT2D eigenvalue weighted by Gasteiger charge is -2.20. The van der Waals surface area contributed by atoms with Gasteiger partial charge in [0.2, 0.25) is 0 Å². The average molecular weight is 287 g/mol. The summed E-state index contributed by atoms with van der Waals surface area (Å²) in [6.45, 7) is 4.66. The minimum absolute atomic E-state index is 0.175. The van der Waals surface area contributed by atoms with Gasteiger partial charge in [0.1, 0.15) is 18.2 Å². The first kappa shape index (κ1) is 15.5. The Bertz CT molecular complexity index is 583. The average Bonchev–Trinajstić information content (AvgIpc) is 2.49. The molecule has 0 saturated carbocycles. The van der Waals surface area contributed by atoms with Gasteiger partial charge in [0, 0.05) is 5.56 Å². The Labute approximate surface area is 126 Å². The van der Waals surface area contributed by atoms with Crippen LogP contribution in [0.1, 0.15) is 36.9 Å². The van der Waals surface area contributed by atoms with Gasteiger partial charge in [-0.2, -0.15) is 0 Å². The van der Waals surface area contributed by atoms with Crippen molar-refractivity contribution in [1.29, 1.82) is 0 Å². The number of hydrogen-bond donors (Lipinski definition) is 1. The Kier molecular flexibility index (Phi) is 5.34. The zero-order chi connectivity index (χ0) is 15.2. The molecule has 0 aliphatic heterocycles. The Balaban J connectivity index is 2.13. The van der Waals surface area contributed by atoms with E-state index in [1.165, 1.54) is 11.6 Å². The van der Waals surface area contributed by atoms with Gasteiger partial charge in [0.25, 0.3) is 0 Å². The molecule has 0 aliphatic rings. The molecule has 0 bridgehead atoms. The van der Waals surface area contributed by atoms with Gasteiger partial charge >= 0.3 is 0 Å². The predicted octanol–water partition coefficient (Wildman–Crippen LogP) is 4.29. The van der Waals surface area contributed by atoms with Crippen molar-refractivity contribution in [2.24, 2.45) is 0 Å². The number of para-hydroxylation sites is 1. The maximum absolute atomic E-state index is 13.9. The molecule has 0 spiro atoms. The topological polar surface area (TPSA) is 21.3 Å². The van der Waals surface area contributed by atoms with Crippen LogP contribution in [0.5, 0.6) is 5.75 Å². The van der Waals surface area contributed by atoms with E-state index in [-0.39, 0.29) is 11.9 Å². The summed E-state index contributed by atoms with van der Waals surface area (Å²) in [5, 5.41) is 3.11. The van der Waals surface area contributed by atoms with Crippen LogP contribution in [0, 0.1) is 5.82 Å². The monoisotopic (exact) mass is 287 g/mol. The summed E-state index contributed by atoms with van der Waals surface area (Å²) < 4.78 is 19.8. The molecule has 1 unspecified atom stereocenters. The first-order valence-corrected chi connectivity index (χ1v) is 7.27. The highest BCUT2D eigenvalue weighted by atomic mass is 19.1. The molecule has 0 radical (unpaired) electrons. The molecular weight excluding hydrogens is 265 g/mol. The molecule has 0 fully saturated rings. The van der Waals surface area contributed by atoms with E-state index in [9.17, 15) is 4.39 Å². The van der Waals surface area contributed by atoms with Crippen molar-refractivity contribution < 1.29 is 9.13 Å². The predicted molar refractivity (Wildman–Crippen MR) is 84.2 cm³/mol. The maximum Gasteiger partial charge on any atom is 0.128 e. The molecule has 0 heterocycles. The van der Waals surface area contributed by atoms with E-state index in [2.05, 4.69) is 25.2 Å². The lowest BCUT2D eigenvalue weighted by molar-refractivity contribution is 0.267. The zero-order valence-corrected chi connectivity index (χ0v) is 12.8. The minimum atomic E-state index is -0.211. The van der Waals surface area contributed by atoms with Crippen LogP contribution < -0.4 is 10.1 Å². The quantitative estimate of drug-likeness (QED) is 0.856. The van der Waals surface area contributed by atoms with Crippen molar-refractivity contribution in [3.05, 3.63) is 65.5 Å². The van der Waals surface area contributed by atoms with Gasteiger partial charge in [-0.1, -0.05) is 50.2 Å². The second kappa shape index (κ2) is 7.23. The van der Waals surface area contributed by atoms with Gasteiger partial charge in [-0.25, -0.2) is 4.39 Å². The lowest BCUT2D eigenvalue weighted by atomic mass is 10.0. The molecule has 2 aromatic carbocycles. The summed E-state index contributed by atoms with van der Waals surface area (Å²) in [6, 6.07) is 14.6. The fraction of sp³-hybridized carbons (Fsp3) is 0.333. The van der Waals surface area contributed by atoms with Crippen LogP contribution in [0.15, 0.2) is 48.5 Å². The van der Waals surface area contributed by atoms with Crippen molar-refractivity contribution in [2.45, 2.75) is 25.8 Å². The van der Waals surface area contributed by atoms with Crippen LogP contribution in [-0.4, -0.2) is 13.7 Å². The largest absolute Gasteiger partial charge is 0.491 e. The molecule has 1 N–H and O–H groups in total. The summed E-state index contributed by atoms with van der Waals surface area (Å²) >= 11 is 0. The molecule has 112 valence electrons. The van der Waals surface area contributed by atoms with Gasteiger partial charge in [-0.05, 0) is 30.7 Å². The summed E-state index contributed by atoms with van der Waals surface area (Å²) in [5.41, 5.74) is 1.79. The number of nitrogens with one attached hydrogen (secondary N) is 1. The van der Waals surface area contributed by atoms with Crippen molar-refractivity contribution in [1.82, 2.24) is 5.32 Å². The second-order valence-electron chi connectivity index (χ2n) is 5.37. The van der Waals surface area contributed by atoms with E-state index in [1.54, 1.807) is 12.1 Å². The van der Waals surface area contributed by atoms with Gasteiger partial charge in [0.15, 0.2) is 0 Å². The SMILES string of the molecule is CNC(COc1ccccc1C(C)C)c1ccccc1F. The summed E-state index contributed by atoms with van der Waals surface area (Å²) in [7, 11) is 1.81. The standard InChI is InChI=1S/C18H22FNO/c1-13(2)14-8-5-7-11-18(14)21-12-17(20-3)15-9-4-6-10-16(15)19/h4-11,13,17,20H,12H2,1-3H3. The van der Waals surface area contributed by atoms with Gasteiger partial charge in [-0.15, -0.1) is 0 Å². The van der Waals surface area contributed by atoms with Crippen LogP contribution in [-0.2, 0) is 0 Å². The fourth-order valence-corrected chi connectivity index (χ4v) is 2.35. The number of halogens is 1. The Morgan fingerprint density at radius 1 is 1.00 bits per heavy atom. The summed E-state index contributed by atoms with van der Waals surface area (Å²) in [6.07, 6.45) is 0. The Morgan fingerprint density at radius 2 is 1.62 bits per heavy atom. The molecule has 0 saturated heterocycles. The first-order valence-electron chi connectivity index (χ1n) is 7.27. The van der Waals surface area contributed by atoms with Crippen LogP contribution in [0.25, 0.3) is 0 Å². The van der Waals surface area contributed by atoms with Crippen molar-refractivity contribution in [3.8, 4) is 5.75 Å². The zero-order valence-electron chi connectivity index (χ0n) is 12.8. The summed E-state index contributed by atoms with van der Waals surface area (Å²) in [4.78, 5) is 0. The van der Waals surface area contributed by atoms with E-state index < -0.39 is 0 Å². The molecule has 21 heavy (non-hydrogen) atoms. The molecule has 3 heteroatoms. The highest BCUT2D eigenvalue weighted by molar-refractivity contribution is 5.35. The van der Waals surface area contributed by atoms with E-state index in [4.69, 9.17) is 4.74 Å². The third kappa shape index (κ3) is 3.82. The molecule has 2 rings (SSSR count). The minimum Gasteiger partial charge on any atom is -0.491 e. The van der Waals surface area contributed by atoms with Crippen molar-refractivity contribution >= 4 is 0 Å². The smallest absolute Gasteiger partial charge is 0.128 e. The second-order valence-corrected chi connectivity index (χ2v) is 5.37. The van der Waals surface area contributed by atoms with Gasteiger partial charge < -0.3 is 10.1 Å². The van der Waals surface area contributed by atoms with Crippen molar-refractivity contribution in [2.75, 3.05) is 13.7 Å². The van der Waals surface area contributed by atoms with Crippen LogP contribution in [0.2, 0.25) is 0 Å². The van der Waals surface area contributed by atoms with E-state index in [0.717, 1.165) is 5.75 Å². The lowest BCUT2D eigenvalue weighted by Crippen LogP contribution is -2.24. The van der Waals surface area contributed by atoms with Crippen LogP contribution >= 0.6 is 0 Å². The number of rotatable bonds is 6. The van der Waals surface area contributed by atoms with Crippen LogP contribution in [0.4, 0.5) is 4.39 Å². The molecule has 0 aliphatic carbocycles. The molecule has 1 atom stereocenters. The third-order valence-corrected chi connectivity index (χ3v) is 3.58. The highest BCUT2D eigenvalue weighted by Gasteiger charge is 2.15. The Hall–Kier alpha value is -1.87. The first-order chi connectivity index (χ1) is 10.1. The van der Waals surface area contributed by atoms with Gasteiger partial charge in [-0.3, -0.25) is 0 Å². The highest BCUT2D eigenvalue weighted by Crippen LogP contribution is 2.27. The van der Waals surface area contributed by atoms with Gasteiger partial charge in [0.05, 0.1) is 6.04 Å². The fourth-order valence-electron chi connectivity index (χ4n) is 2.35. The Morgan fingerprint density at radius 3 is 2.24 bits per heavy atom. The third-order valence-electron chi connectivity index (χ3n) is 3.58. The normalized spacial score (nSPS) is 12.4. The molecule has 2 aromatic rings. The van der Waals surface area contributed by atoms with Crippen molar-refractivity contribution in [3.63, 3.8) is 0 Å².